The zero-order valence-corrected chi connectivity index (χ0v) is 10.8. The average Bonchev–Trinajstić information content (AvgIpc) is 2.92. The number of ketones is 1. The Morgan fingerprint density at radius 3 is 2.59 bits per heavy atom. The molecule has 3 aliphatic carbocycles. The molecule has 0 aromatic carbocycles. The third kappa shape index (κ3) is 2.64. The molecule has 94 valence electrons. The number of fused-ring (bicyclic) bond motifs is 2. The Morgan fingerprint density at radius 2 is 1.94 bits per heavy atom. The highest BCUT2D eigenvalue weighted by atomic mass is 16.1. The van der Waals surface area contributed by atoms with Gasteiger partial charge in [0.1, 0.15) is 0 Å². The third-order valence-electron chi connectivity index (χ3n) is 5.21. The van der Waals surface area contributed by atoms with E-state index >= 15 is 0 Å². The number of rotatable bonds is 3. The van der Waals surface area contributed by atoms with Gasteiger partial charge in [0.15, 0.2) is 5.78 Å². The van der Waals surface area contributed by atoms with Gasteiger partial charge in [0.2, 0.25) is 0 Å². The van der Waals surface area contributed by atoms with Crippen molar-refractivity contribution >= 4 is 5.78 Å². The van der Waals surface area contributed by atoms with E-state index in [1.165, 1.54) is 63.4 Å². The van der Waals surface area contributed by atoms with E-state index in [2.05, 4.69) is 0 Å². The highest BCUT2D eigenvalue weighted by Gasteiger charge is 2.39. The molecule has 2 bridgehead atoms. The summed E-state index contributed by atoms with van der Waals surface area (Å²) in [6.45, 7) is 0. The smallest absolute Gasteiger partial charge is 0.155 e. The summed E-state index contributed by atoms with van der Waals surface area (Å²) < 4.78 is 0. The monoisotopic (exact) mass is 232 g/mol. The van der Waals surface area contributed by atoms with E-state index in [0.29, 0.717) is 5.78 Å². The maximum absolute atomic E-state index is 12.1. The van der Waals surface area contributed by atoms with Gasteiger partial charge in [0, 0.05) is 6.42 Å². The number of allylic oxidation sites excluding steroid dienone is 2. The molecule has 3 fully saturated rings. The van der Waals surface area contributed by atoms with Gasteiger partial charge in [-0.1, -0.05) is 18.4 Å². The van der Waals surface area contributed by atoms with Crippen molar-refractivity contribution in [3.63, 3.8) is 0 Å². The fourth-order valence-corrected chi connectivity index (χ4v) is 4.32. The molecular formula is C16H24O. The van der Waals surface area contributed by atoms with Crippen LogP contribution in [0.2, 0.25) is 0 Å². The molecule has 1 heteroatoms. The fraction of sp³-hybridized carbons (Fsp3) is 0.812. The van der Waals surface area contributed by atoms with Gasteiger partial charge in [0.05, 0.1) is 0 Å². The van der Waals surface area contributed by atoms with Gasteiger partial charge in [-0.2, -0.15) is 0 Å². The molecule has 0 radical (unpaired) electrons. The topological polar surface area (TPSA) is 17.1 Å². The normalized spacial score (nSPS) is 36.2. The Hall–Kier alpha value is -0.590. The molecule has 3 saturated carbocycles. The van der Waals surface area contributed by atoms with Crippen LogP contribution >= 0.6 is 0 Å². The lowest BCUT2D eigenvalue weighted by Crippen LogP contribution is -2.14. The van der Waals surface area contributed by atoms with Crippen molar-refractivity contribution in [1.82, 2.24) is 0 Å². The summed E-state index contributed by atoms with van der Waals surface area (Å²) in [7, 11) is 0. The summed E-state index contributed by atoms with van der Waals surface area (Å²) in [5, 5.41) is 0. The molecule has 1 nitrogen and oxygen atoms in total. The number of hydrogen-bond acceptors (Lipinski definition) is 1. The first-order valence-corrected chi connectivity index (χ1v) is 7.53. The summed E-state index contributed by atoms with van der Waals surface area (Å²) >= 11 is 0. The minimum absolute atomic E-state index is 0.430. The van der Waals surface area contributed by atoms with Crippen LogP contribution in [0, 0.1) is 17.8 Å². The number of carbonyl (C=O) groups excluding carboxylic acids is 1. The summed E-state index contributed by atoms with van der Waals surface area (Å²) in [6.07, 6.45) is 14.8. The molecule has 17 heavy (non-hydrogen) atoms. The Kier molecular flexibility index (Phi) is 3.35. The Balaban J connectivity index is 1.53. The van der Waals surface area contributed by atoms with Gasteiger partial charge in [-0.05, 0) is 68.8 Å². The van der Waals surface area contributed by atoms with Crippen LogP contribution in [-0.2, 0) is 4.79 Å². The van der Waals surface area contributed by atoms with Crippen LogP contribution < -0.4 is 0 Å². The predicted octanol–water partition coefficient (Wildman–Crippen LogP) is 4.27. The van der Waals surface area contributed by atoms with Crippen molar-refractivity contribution in [2.45, 2.75) is 64.2 Å². The van der Waals surface area contributed by atoms with Gasteiger partial charge in [-0.15, -0.1) is 0 Å². The van der Waals surface area contributed by atoms with E-state index in [1.807, 2.05) is 6.08 Å². The second-order valence-electron chi connectivity index (χ2n) is 6.47. The van der Waals surface area contributed by atoms with Crippen molar-refractivity contribution in [3.8, 4) is 0 Å². The Morgan fingerprint density at radius 1 is 1.12 bits per heavy atom. The van der Waals surface area contributed by atoms with Crippen LogP contribution in [0.1, 0.15) is 64.2 Å². The maximum atomic E-state index is 12.1. The van der Waals surface area contributed by atoms with Crippen LogP contribution in [-0.4, -0.2) is 5.78 Å². The van der Waals surface area contributed by atoms with Crippen molar-refractivity contribution in [2.75, 3.05) is 0 Å². The third-order valence-corrected chi connectivity index (χ3v) is 5.21. The summed E-state index contributed by atoms with van der Waals surface area (Å²) in [6, 6.07) is 0. The SMILES string of the molecule is O=C(C=C1CCCCC1)CC1CC2CCC1C2. The van der Waals surface area contributed by atoms with Crippen molar-refractivity contribution in [3.05, 3.63) is 11.6 Å². The molecule has 0 aromatic heterocycles. The first kappa shape index (κ1) is 11.5. The maximum Gasteiger partial charge on any atom is 0.155 e. The van der Waals surface area contributed by atoms with Gasteiger partial charge >= 0.3 is 0 Å². The molecule has 0 spiro atoms. The van der Waals surface area contributed by atoms with Crippen molar-refractivity contribution < 1.29 is 4.79 Å². The molecule has 3 unspecified atom stereocenters. The second-order valence-corrected chi connectivity index (χ2v) is 6.47. The van der Waals surface area contributed by atoms with Crippen LogP contribution in [0.5, 0.6) is 0 Å². The first-order chi connectivity index (χ1) is 8.31. The van der Waals surface area contributed by atoms with E-state index in [4.69, 9.17) is 0 Å². The average molecular weight is 232 g/mol. The van der Waals surface area contributed by atoms with Gasteiger partial charge in [0.25, 0.3) is 0 Å². The molecule has 0 saturated heterocycles. The highest BCUT2D eigenvalue weighted by Crippen LogP contribution is 2.49. The zero-order valence-electron chi connectivity index (χ0n) is 10.8. The molecular weight excluding hydrogens is 208 g/mol. The zero-order chi connectivity index (χ0) is 11.7. The molecule has 0 aliphatic heterocycles. The van der Waals surface area contributed by atoms with Gasteiger partial charge in [-0.3, -0.25) is 4.79 Å². The molecule has 3 rings (SSSR count). The summed E-state index contributed by atoms with van der Waals surface area (Å²) in [5.41, 5.74) is 1.43. The van der Waals surface area contributed by atoms with Crippen molar-refractivity contribution in [1.29, 1.82) is 0 Å². The van der Waals surface area contributed by atoms with E-state index in [-0.39, 0.29) is 0 Å². The van der Waals surface area contributed by atoms with Gasteiger partial charge < -0.3 is 0 Å². The van der Waals surface area contributed by atoms with E-state index in [9.17, 15) is 4.79 Å². The molecule has 0 N–H and O–H groups in total. The van der Waals surface area contributed by atoms with E-state index in [1.54, 1.807) is 0 Å². The minimum Gasteiger partial charge on any atom is -0.295 e. The first-order valence-electron chi connectivity index (χ1n) is 7.53. The van der Waals surface area contributed by atoms with Crippen LogP contribution in [0.4, 0.5) is 0 Å². The van der Waals surface area contributed by atoms with E-state index in [0.717, 1.165) is 24.2 Å². The highest BCUT2D eigenvalue weighted by molar-refractivity contribution is 5.90. The molecule has 0 amide bonds. The number of hydrogen-bond donors (Lipinski definition) is 0. The van der Waals surface area contributed by atoms with Crippen LogP contribution in [0.25, 0.3) is 0 Å². The van der Waals surface area contributed by atoms with Crippen LogP contribution in [0.3, 0.4) is 0 Å². The molecule has 3 aliphatic rings. The summed E-state index contributed by atoms with van der Waals surface area (Å²) in [4.78, 5) is 12.1. The van der Waals surface area contributed by atoms with Gasteiger partial charge in [-0.25, -0.2) is 0 Å². The lowest BCUT2D eigenvalue weighted by Gasteiger charge is -2.20. The fourth-order valence-electron chi connectivity index (χ4n) is 4.32. The lowest BCUT2D eigenvalue weighted by atomic mass is 9.84. The Bertz CT molecular complexity index is 320. The molecule has 0 aromatic rings. The second kappa shape index (κ2) is 4.96. The van der Waals surface area contributed by atoms with Crippen molar-refractivity contribution in [2.24, 2.45) is 17.8 Å². The number of carbonyl (C=O) groups is 1. The minimum atomic E-state index is 0.430. The standard InChI is InChI=1S/C16H24O/c17-16(10-12-4-2-1-3-5-12)11-15-9-13-6-7-14(15)8-13/h10,13-15H,1-9,11H2. The largest absolute Gasteiger partial charge is 0.295 e. The lowest BCUT2D eigenvalue weighted by molar-refractivity contribution is -0.115. The predicted molar refractivity (Wildman–Crippen MR) is 69.7 cm³/mol. The van der Waals surface area contributed by atoms with Crippen LogP contribution in [0.15, 0.2) is 11.6 Å². The summed E-state index contributed by atoms with van der Waals surface area (Å²) in [5.74, 6) is 3.04. The molecule has 3 atom stereocenters. The van der Waals surface area contributed by atoms with E-state index < -0.39 is 0 Å². The Labute approximate surface area is 105 Å². The molecule has 0 heterocycles. The quantitative estimate of drug-likeness (QED) is 0.664.